The number of para-hydroxylation sites is 2. The van der Waals surface area contributed by atoms with Crippen molar-refractivity contribution >= 4 is 33.8 Å². The van der Waals surface area contributed by atoms with Crippen molar-refractivity contribution in [3.8, 4) is 16.9 Å². The van der Waals surface area contributed by atoms with Crippen LogP contribution in [0.5, 0.6) is 0 Å². The van der Waals surface area contributed by atoms with Crippen molar-refractivity contribution in [2.45, 2.75) is 0 Å². The molecule has 0 aliphatic carbocycles. The second-order valence-corrected chi connectivity index (χ2v) is 7.60. The molecule has 1 N–H and O–H groups in total. The molecule has 0 bridgehead atoms. The second kappa shape index (κ2) is 7.72. The third-order valence-electron chi connectivity index (χ3n) is 5.44. The summed E-state index contributed by atoms with van der Waals surface area (Å²) >= 11 is 0. The van der Waals surface area contributed by atoms with Crippen LogP contribution in [-0.4, -0.2) is 26.2 Å². The SMILES string of the molecule is O=c1oc2ccccc2cc1-c1nn(-c2ccccc2)cc1C=Nc1ccc2cn[nH]c2c1. The van der Waals surface area contributed by atoms with Gasteiger partial charge in [0.1, 0.15) is 11.3 Å². The van der Waals surface area contributed by atoms with Crippen LogP contribution in [0.25, 0.3) is 38.8 Å². The second-order valence-electron chi connectivity index (χ2n) is 7.60. The van der Waals surface area contributed by atoms with E-state index in [1.807, 2.05) is 79.0 Å². The number of H-pyrrole nitrogens is 1. The first-order chi connectivity index (χ1) is 16.2. The van der Waals surface area contributed by atoms with Crippen LogP contribution in [0.1, 0.15) is 5.56 Å². The Hall–Kier alpha value is -4.78. The summed E-state index contributed by atoms with van der Waals surface area (Å²) in [6.45, 7) is 0. The lowest BCUT2D eigenvalue weighted by atomic mass is 10.1. The van der Waals surface area contributed by atoms with Gasteiger partial charge in [-0.25, -0.2) is 9.48 Å². The third-order valence-corrected chi connectivity index (χ3v) is 5.44. The number of rotatable bonds is 4. The number of aromatic amines is 1. The monoisotopic (exact) mass is 431 g/mol. The Morgan fingerprint density at radius 3 is 2.70 bits per heavy atom. The summed E-state index contributed by atoms with van der Waals surface area (Å²) in [7, 11) is 0. The van der Waals surface area contributed by atoms with Crippen LogP contribution in [0.15, 0.2) is 105 Å². The number of nitrogens with one attached hydrogen (secondary N) is 1. The Labute approximate surface area is 187 Å². The van der Waals surface area contributed by atoms with Gasteiger partial charge in [0.05, 0.1) is 28.7 Å². The van der Waals surface area contributed by atoms with E-state index in [4.69, 9.17) is 9.52 Å². The van der Waals surface area contributed by atoms with Crippen LogP contribution in [0.4, 0.5) is 5.69 Å². The normalized spacial score (nSPS) is 11.6. The minimum atomic E-state index is -0.444. The molecule has 6 rings (SSSR count). The predicted molar refractivity (Wildman–Crippen MR) is 128 cm³/mol. The van der Waals surface area contributed by atoms with E-state index >= 15 is 0 Å². The molecule has 7 heteroatoms. The van der Waals surface area contributed by atoms with Gasteiger partial charge in [0.25, 0.3) is 0 Å². The molecule has 0 spiro atoms. The molecule has 3 aromatic carbocycles. The minimum Gasteiger partial charge on any atom is -0.422 e. The smallest absolute Gasteiger partial charge is 0.345 e. The average Bonchev–Trinajstić information content (AvgIpc) is 3.49. The van der Waals surface area contributed by atoms with E-state index in [9.17, 15) is 4.79 Å². The van der Waals surface area contributed by atoms with Gasteiger partial charge < -0.3 is 4.42 Å². The number of hydrogen-bond donors (Lipinski definition) is 1. The largest absolute Gasteiger partial charge is 0.422 e. The Morgan fingerprint density at radius 1 is 0.939 bits per heavy atom. The molecule has 0 atom stereocenters. The lowest BCUT2D eigenvalue weighted by Crippen LogP contribution is -2.05. The first kappa shape index (κ1) is 18.9. The fraction of sp³-hybridized carbons (Fsp3) is 0. The highest BCUT2D eigenvalue weighted by atomic mass is 16.4. The molecule has 0 radical (unpaired) electrons. The Balaban J connectivity index is 1.50. The molecule has 0 saturated carbocycles. The maximum absolute atomic E-state index is 12.9. The molecule has 6 aromatic rings. The van der Waals surface area contributed by atoms with Crippen molar-refractivity contribution in [1.29, 1.82) is 0 Å². The minimum absolute atomic E-state index is 0.383. The van der Waals surface area contributed by atoms with Gasteiger partial charge >= 0.3 is 5.63 Å². The quantitative estimate of drug-likeness (QED) is 0.304. The molecule has 0 amide bonds. The Bertz CT molecular complexity index is 1690. The van der Waals surface area contributed by atoms with Crippen molar-refractivity contribution < 1.29 is 4.42 Å². The van der Waals surface area contributed by atoms with Gasteiger partial charge in [-0.05, 0) is 42.5 Å². The average molecular weight is 431 g/mol. The van der Waals surface area contributed by atoms with Crippen molar-refractivity contribution in [3.05, 3.63) is 107 Å². The van der Waals surface area contributed by atoms with E-state index in [0.717, 1.165) is 27.7 Å². The number of aromatic nitrogens is 4. The molecular weight excluding hydrogens is 414 g/mol. The fourth-order valence-corrected chi connectivity index (χ4v) is 3.78. The zero-order valence-corrected chi connectivity index (χ0v) is 17.3. The van der Waals surface area contributed by atoms with Crippen LogP contribution in [0.2, 0.25) is 0 Å². The van der Waals surface area contributed by atoms with Gasteiger partial charge in [-0.3, -0.25) is 10.1 Å². The van der Waals surface area contributed by atoms with Gasteiger partial charge in [0, 0.05) is 28.7 Å². The molecule has 158 valence electrons. The van der Waals surface area contributed by atoms with Crippen molar-refractivity contribution in [1.82, 2.24) is 20.0 Å². The van der Waals surface area contributed by atoms with E-state index in [0.29, 0.717) is 22.4 Å². The molecule has 0 fully saturated rings. The highest BCUT2D eigenvalue weighted by Gasteiger charge is 2.16. The van der Waals surface area contributed by atoms with Crippen LogP contribution in [-0.2, 0) is 0 Å². The number of hydrogen-bond acceptors (Lipinski definition) is 5. The van der Waals surface area contributed by atoms with E-state index < -0.39 is 5.63 Å². The molecule has 33 heavy (non-hydrogen) atoms. The predicted octanol–water partition coefficient (Wildman–Crippen LogP) is 5.27. The molecule has 7 nitrogen and oxygen atoms in total. The molecule has 0 aliphatic heterocycles. The van der Waals surface area contributed by atoms with Crippen molar-refractivity contribution in [3.63, 3.8) is 0 Å². The number of aliphatic imine (C=N–C) groups is 1. The van der Waals surface area contributed by atoms with Gasteiger partial charge in [0.2, 0.25) is 0 Å². The summed E-state index contributed by atoms with van der Waals surface area (Å²) in [4.78, 5) is 17.5. The lowest BCUT2D eigenvalue weighted by molar-refractivity contribution is 0.563. The molecule has 3 aromatic heterocycles. The Morgan fingerprint density at radius 2 is 1.79 bits per heavy atom. The van der Waals surface area contributed by atoms with Gasteiger partial charge in [-0.2, -0.15) is 10.2 Å². The molecule has 0 unspecified atom stereocenters. The van der Waals surface area contributed by atoms with Gasteiger partial charge in [-0.1, -0.05) is 36.4 Å². The highest BCUT2D eigenvalue weighted by molar-refractivity contribution is 5.92. The van der Waals surface area contributed by atoms with Crippen LogP contribution < -0.4 is 5.63 Å². The Kier molecular flexibility index (Phi) is 4.43. The van der Waals surface area contributed by atoms with Crippen LogP contribution >= 0.6 is 0 Å². The molecule has 3 heterocycles. The van der Waals surface area contributed by atoms with Gasteiger partial charge in [0.15, 0.2) is 0 Å². The van der Waals surface area contributed by atoms with Crippen LogP contribution in [0.3, 0.4) is 0 Å². The summed E-state index contributed by atoms with van der Waals surface area (Å²) in [5.74, 6) is 0. The van der Waals surface area contributed by atoms with Crippen molar-refractivity contribution in [2.24, 2.45) is 4.99 Å². The lowest BCUT2D eigenvalue weighted by Gasteiger charge is -2.01. The summed E-state index contributed by atoms with van der Waals surface area (Å²) in [5.41, 5.74) is 4.22. The molecular formula is C26H17N5O2. The number of nitrogens with zero attached hydrogens (tertiary/aromatic N) is 4. The van der Waals surface area contributed by atoms with E-state index in [2.05, 4.69) is 15.2 Å². The summed E-state index contributed by atoms with van der Waals surface area (Å²) in [5, 5.41) is 13.6. The molecule has 0 aliphatic rings. The number of benzene rings is 3. The summed E-state index contributed by atoms with van der Waals surface area (Å²) in [6.07, 6.45) is 5.34. The first-order valence-corrected chi connectivity index (χ1v) is 10.4. The number of fused-ring (bicyclic) bond motifs is 2. The summed E-state index contributed by atoms with van der Waals surface area (Å²) < 4.78 is 7.30. The first-order valence-electron chi connectivity index (χ1n) is 10.4. The zero-order valence-electron chi connectivity index (χ0n) is 17.3. The third kappa shape index (κ3) is 3.51. The molecule has 0 saturated heterocycles. The van der Waals surface area contributed by atoms with E-state index in [1.54, 1.807) is 23.2 Å². The van der Waals surface area contributed by atoms with E-state index in [-0.39, 0.29) is 0 Å². The highest BCUT2D eigenvalue weighted by Crippen LogP contribution is 2.25. The van der Waals surface area contributed by atoms with E-state index in [1.165, 1.54) is 0 Å². The maximum Gasteiger partial charge on any atom is 0.345 e. The summed E-state index contributed by atoms with van der Waals surface area (Å²) in [6, 6.07) is 24.8. The maximum atomic E-state index is 12.9. The standard InChI is InChI=1S/C26H17N5O2/c32-26-22(12-17-6-4-5-9-24(17)33-26)25-19(16-31(30-25)21-7-2-1-3-8-21)14-27-20-11-10-18-15-28-29-23(18)13-20/h1-16H,(H,28,29). The fourth-order valence-electron chi connectivity index (χ4n) is 3.78. The topological polar surface area (TPSA) is 89.1 Å². The van der Waals surface area contributed by atoms with Crippen LogP contribution in [0, 0.1) is 0 Å². The zero-order chi connectivity index (χ0) is 22.2. The van der Waals surface area contributed by atoms with Gasteiger partial charge in [-0.15, -0.1) is 0 Å². The van der Waals surface area contributed by atoms with Crippen molar-refractivity contribution in [2.75, 3.05) is 0 Å².